The molecule has 3 aliphatic rings. The van der Waals surface area contributed by atoms with Crippen molar-refractivity contribution >= 4 is 39.7 Å². The zero-order valence-corrected chi connectivity index (χ0v) is 18.2. The van der Waals surface area contributed by atoms with E-state index < -0.39 is 18.2 Å². The number of primary amides is 1. The van der Waals surface area contributed by atoms with Crippen LogP contribution in [-0.2, 0) is 16.1 Å². The first-order valence-electron chi connectivity index (χ1n) is 9.75. The molecular weight excluding hydrogens is 454 g/mol. The van der Waals surface area contributed by atoms with Crippen molar-refractivity contribution < 1.29 is 14.4 Å². The second kappa shape index (κ2) is 8.23. The Morgan fingerprint density at radius 1 is 1.20 bits per heavy atom. The number of nitrogens with one attached hydrogen (secondary N) is 1. The van der Waals surface area contributed by atoms with Crippen molar-refractivity contribution in [3.8, 4) is 0 Å². The number of aliphatic imine (C=N–C) groups is 1. The van der Waals surface area contributed by atoms with E-state index in [2.05, 4.69) is 26.1 Å². The molecule has 1 aromatic carbocycles. The molecule has 0 radical (unpaired) electrons. The van der Waals surface area contributed by atoms with Crippen LogP contribution in [0.25, 0.3) is 0 Å². The number of halogens is 1. The number of guanidine groups is 1. The Kier molecular flexibility index (Phi) is 5.65. The average Bonchev–Trinajstić information content (AvgIpc) is 3.08. The van der Waals surface area contributed by atoms with Gasteiger partial charge in [-0.2, -0.15) is 0 Å². The van der Waals surface area contributed by atoms with Gasteiger partial charge in [0.25, 0.3) is 5.91 Å². The van der Waals surface area contributed by atoms with E-state index in [0.29, 0.717) is 38.7 Å². The Morgan fingerprint density at radius 2 is 1.87 bits per heavy atom. The second-order valence-electron chi connectivity index (χ2n) is 7.68. The molecule has 0 bridgehead atoms. The number of likely N-dealkylation sites (N-methyl/N-ethyl adjacent to an activating group) is 1. The monoisotopic (exact) mass is 477 g/mol. The van der Waals surface area contributed by atoms with Gasteiger partial charge in [0.2, 0.25) is 5.91 Å². The first-order chi connectivity index (χ1) is 14.3. The molecule has 4 rings (SSSR count). The van der Waals surface area contributed by atoms with Crippen LogP contribution in [0.2, 0.25) is 0 Å². The summed E-state index contributed by atoms with van der Waals surface area (Å²) >= 11 is 3.44. The van der Waals surface area contributed by atoms with Gasteiger partial charge >= 0.3 is 6.03 Å². The number of nitrogens with zero attached hydrogens (tertiary/aromatic N) is 5. The van der Waals surface area contributed by atoms with Gasteiger partial charge in [0.15, 0.2) is 18.2 Å². The molecule has 3 N–H and O–H groups in total. The number of amides is 4. The molecule has 0 aliphatic carbocycles. The summed E-state index contributed by atoms with van der Waals surface area (Å²) in [6.07, 6.45) is -0.569. The molecule has 3 aliphatic heterocycles. The van der Waals surface area contributed by atoms with Gasteiger partial charge in [-0.05, 0) is 17.7 Å². The molecule has 2 saturated heterocycles. The summed E-state index contributed by atoms with van der Waals surface area (Å²) in [6, 6.07) is 6.87. The summed E-state index contributed by atoms with van der Waals surface area (Å²) in [6.45, 7) is 3.37. The van der Waals surface area contributed by atoms with Gasteiger partial charge in [-0.15, -0.1) is 0 Å². The summed E-state index contributed by atoms with van der Waals surface area (Å²) in [7, 11) is 1.65. The van der Waals surface area contributed by atoms with Crippen LogP contribution in [0.1, 0.15) is 5.56 Å². The zero-order chi connectivity index (χ0) is 21.4. The summed E-state index contributed by atoms with van der Waals surface area (Å²) < 4.78 is 0.978. The fourth-order valence-corrected chi connectivity index (χ4v) is 4.32. The molecule has 0 aromatic heterocycles. The minimum atomic E-state index is -0.588. The first-order valence-corrected chi connectivity index (χ1v) is 10.5. The van der Waals surface area contributed by atoms with E-state index >= 15 is 0 Å². The van der Waals surface area contributed by atoms with Crippen molar-refractivity contribution in [3.63, 3.8) is 0 Å². The maximum atomic E-state index is 12.7. The lowest BCUT2D eigenvalue weighted by atomic mass is 10.1. The summed E-state index contributed by atoms with van der Waals surface area (Å²) in [5, 5.41) is 2.42. The molecule has 3 heterocycles. The van der Waals surface area contributed by atoms with Crippen molar-refractivity contribution in [1.29, 1.82) is 0 Å². The predicted molar refractivity (Wildman–Crippen MR) is 113 cm³/mol. The number of rotatable bonds is 4. The largest absolute Gasteiger partial charge is 0.369 e. The Bertz CT molecular complexity index is 883. The molecular formula is C19H24BrN7O3. The summed E-state index contributed by atoms with van der Waals surface area (Å²) in [5.41, 5.74) is 6.34. The van der Waals surface area contributed by atoms with Crippen LogP contribution in [0, 0.1) is 0 Å². The van der Waals surface area contributed by atoms with Crippen LogP contribution in [-0.4, -0.2) is 95.4 Å². The number of carbonyl (C=O) groups excluding carboxylic acids is 3. The third-order valence-electron chi connectivity index (χ3n) is 5.64. The van der Waals surface area contributed by atoms with E-state index in [1.807, 2.05) is 34.1 Å². The fourth-order valence-electron chi connectivity index (χ4n) is 4.06. The van der Waals surface area contributed by atoms with Crippen LogP contribution in [0.3, 0.4) is 0 Å². The molecule has 160 valence electrons. The van der Waals surface area contributed by atoms with Gasteiger partial charge in [-0.25, -0.2) is 9.79 Å². The van der Waals surface area contributed by atoms with Crippen molar-refractivity contribution in [3.05, 3.63) is 34.3 Å². The van der Waals surface area contributed by atoms with E-state index in [-0.39, 0.29) is 18.4 Å². The quantitative estimate of drug-likeness (QED) is 0.609. The van der Waals surface area contributed by atoms with E-state index in [4.69, 9.17) is 10.7 Å². The number of hydrogen-bond acceptors (Lipinski definition) is 7. The van der Waals surface area contributed by atoms with Crippen molar-refractivity contribution in [1.82, 2.24) is 24.9 Å². The number of imide groups is 1. The molecule has 30 heavy (non-hydrogen) atoms. The number of benzene rings is 1. The minimum absolute atomic E-state index is 0.230. The first kappa shape index (κ1) is 20.6. The van der Waals surface area contributed by atoms with Gasteiger partial charge < -0.3 is 20.4 Å². The lowest BCUT2D eigenvalue weighted by Crippen LogP contribution is -2.64. The molecule has 11 heteroatoms. The molecule has 4 amide bonds. The van der Waals surface area contributed by atoms with Crippen LogP contribution < -0.4 is 11.1 Å². The van der Waals surface area contributed by atoms with Crippen molar-refractivity contribution in [2.24, 2.45) is 10.7 Å². The van der Waals surface area contributed by atoms with Gasteiger partial charge in [0.1, 0.15) is 0 Å². The van der Waals surface area contributed by atoms with E-state index in [0.717, 1.165) is 10.0 Å². The van der Waals surface area contributed by atoms with E-state index in [9.17, 15) is 14.4 Å². The summed E-state index contributed by atoms with van der Waals surface area (Å²) in [4.78, 5) is 48.4. The smallest absolute Gasteiger partial charge is 0.325 e. The van der Waals surface area contributed by atoms with Gasteiger partial charge in [0.05, 0.1) is 6.54 Å². The van der Waals surface area contributed by atoms with Crippen LogP contribution in [0.5, 0.6) is 0 Å². The second-order valence-corrected chi connectivity index (χ2v) is 8.59. The minimum Gasteiger partial charge on any atom is -0.369 e. The number of carbonyl (C=O) groups is 3. The molecule has 2 atom stereocenters. The van der Waals surface area contributed by atoms with Gasteiger partial charge in [-0.1, -0.05) is 28.1 Å². The van der Waals surface area contributed by atoms with E-state index in [1.165, 1.54) is 4.90 Å². The third-order valence-corrected chi connectivity index (χ3v) is 6.17. The van der Waals surface area contributed by atoms with Crippen LogP contribution >= 0.6 is 15.9 Å². The molecule has 2 fully saturated rings. The lowest BCUT2D eigenvalue weighted by molar-refractivity contribution is -0.127. The van der Waals surface area contributed by atoms with Crippen LogP contribution in [0.4, 0.5) is 4.79 Å². The highest BCUT2D eigenvalue weighted by Gasteiger charge is 2.49. The highest BCUT2D eigenvalue weighted by atomic mass is 79.9. The Morgan fingerprint density at radius 3 is 2.50 bits per heavy atom. The molecule has 0 spiro atoms. The molecule has 1 aromatic rings. The van der Waals surface area contributed by atoms with Crippen molar-refractivity contribution in [2.75, 3.05) is 39.8 Å². The Labute approximate surface area is 182 Å². The highest BCUT2D eigenvalue weighted by molar-refractivity contribution is 9.10. The highest BCUT2D eigenvalue weighted by Crippen LogP contribution is 2.28. The van der Waals surface area contributed by atoms with Gasteiger partial charge in [-0.3, -0.25) is 19.8 Å². The number of piperazine rings is 1. The third kappa shape index (κ3) is 3.99. The van der Waals surface area contributed by atoms with Gasteiger partial charge in [0, 0.05) is 44.2 Å². The number of fused-ring (bicyclic) bond motifs is 1. The molecule has 0 saturated carbocycles. The molecule has 10 nitrogen and oxygen atoms in total. The number of nitrogens with two attached hydrogens (primary N) is 1. The predicted octanol–water partition coefficient (Wildman–Crippen LogP) is -0.400. The van der Waals surface area contributed by atoms with E-state index in [1.54, 1.807) is 7.05 Å². The standard InChI is InChI=1S/C19H24BrN7O3/c1-24-16-15(17(29)23-19(24)30)27(10-12-2-4-13(20)5-3-12)18(22-16)26-8-6-25(7-9-26)11-14(21)28/h2-5,15-16H,6-11H2,1H3,(H2,21,28)(H,23,29,30). The number of hydrogen-bond donors (Lipinski definition) is 2. The fraction of sp³-hybridized carbons (Fsp3) is 0.474. The van der Waals surface area contributed by atoms with Crippen LogP contribution in [0.15, 0.2) is 33.7 Å². The maximum Gasteiger partial charge on any atom is 0.325 e. The Balaban J connectivity index is 1.58. The van der Waals surface area contributed by atoms with Crippen molar-refractivity contribution in [2.45, 2.75) is 18.8 Å². The SMILES string of the molecule is CN1C(=O)NC(=O)C2C1N=C(N1CCN(CC(N)=O)CC1)N2Cc1ccc(Br)cc1. The average molecular weight is 478 g/mol. The summed E-state index contributed by atoms with van der Waals surface area (Å²) in [5.74, 6) is 0.0102. The number of urea groups is 1. The Hall–Kier alpha value is -2.66. The molecule has 2 unspecified atom stereocenters. The maximum absolute atomic E-state index is 12.7. The zero-order valence-electron chi connectivity index (χ0n) is 16.6. The lowest BCUT2D eigenvalue weighted by Gasteiger charge is -2.40. The topological polar surface area (TPSA) is 115 Å². The normalized spacial score (nSPS) is 24.6.